The van der Waals surface area contributed by atoms with Gasteiger partial charge in [-0.05, 0) is 141 Å². The topological polar surface area (TPSA) is 0 Å². The van der Waals surface area contributed by atoms with E-state index >= 15 is 4.39 Å². The van der Waals surface area contributed by atoms with E-state index in [0.717, 1.165) is 25.2 Å². The maximum Gasteiger partial charge on any atom is 0.112 e. The molecule has 0 saturated heterocycles. The van der Waals surface area contributed by atoms with Crippen LogP contribution in [0.15, 0.2) is 0 Å². The monoisotopic (exact) mass is 512 g/mol. The Hall–Kier alpha value is -0.0700. The Bertz CT molecular complexity index is 792. The number of rotatable bonds is 13. The number of halogens is 1. The number of alkyl halides is 1. The van der Waals surface area contributed by atoms with Crippen LogP contribution in [0.3, 0.4) is 0 Å². The van der Waals surface area contributed by atoms with Crippen LogP contribution in [0, 0.1) is 38.4 Å². The van der Waals surface area contributed by atoms with Gasteiger partial charge in [-0.2, -0.15) is 0 Å². The molecule has 4 unspecified atom stereocenters. The van der Waals surface area contributed by atoms with Gasteiger partial charge in [0.2, 0.25) is 0 Å². The first kappa shape index (κ1) is 27.1. The molecule has 1 heteroatoms. The average Bonchev–Trinajstić information content (AvgIpc) is 2.82. The van der Waals surface area contributed by atoms with Crippen molar-refractivity contribution < 1.29 is 4.39 Å². The van der Waals surface area contributed by atoms with Crippen molar-refractivity contribution in [3.63, 3.8) is 0 Å². The number of unbranched alkanes of at least 4 members (excludes halogenated alkanes) is 4. The SMILES string of the molecule is CCCCC12CC3CC(CCCC)(C1)CC(C14CC5(F)CC(CCCC)(CC(CCCC)(C5)C1)C4)(C3)C2. The normalized spacial score (nSPS) is 51.3. The summed E-state index contributed by atoms with van der Waals surface area (Å²) in [4.78, 5) is 0. The molecule has 0 aliphatic heterocycles. The fourth-order valence-electron chi connectivity index (χ4n) is 14.2. The molecule has 0 spiro atoms. The molecule has 212 valence electrons. The summed E-state index contributed by atoms with van der Waals surface area (Å²) in [6.07, 6.45) is 32.5. The minimum Gasteiger partial charge on any atom is -0.244 e. The van der Waals surface area contributed by atoms with Crippen LogP contribution in [-0.2, 0) is 0 Å². The lowest BCUT2D eigenvalue weighted by atomic mass is 9.26. The van der Waals surface area contributed by atoms with E-state index in [-0.39, 0.29) is 0 Å². The molecular weight excluding hydrogens is 451 g/mol. The van der Waals surface area contributed by atoms with E-state index < -0.39 is 5.67 Å². The molecule has 8 aliphatic carbocycles. The fraction of sp³-hybridized carbons (Fsp3) is 1.00. The van der Waals surface area contributed by atoms with Crippen LogP contribution in [0.1, 0.15) is 182 Å². The fourth-order valence-corrected chi connectivity index (χ4v) is 14.2. The van der Waals surface area contributed by atoms with Crippen molar-refractivity contribution in [1.29, 1.82) is 0 Å². The second-order valence-electron chi connectivity index (χ2n) is 17.2. The van der Waals surface area contributed by atoms with Gasteiger partial charge < -0.3 is 0 Å². The van der Waals surface area contributed by atoms with E-state index in [1.807, 2.05) is 0 Å². The summed E-state index contributed by atoms with van der Waals surface area (Å²) in [6, 6.07) is 0. The molecule has 0 radical (unpaired) electrons. The van der Waals surface area contributed by atoms with E-state index in [0.29, 0.717) is 32.5 Å². The molecule has 0 amide bonds. The molecule has 0 nitrogen and oxygen atoms in total. The lowest BCUT2D eigenvalue weighted by Crippen LogP contribution is -2.70. The maximum atomic E-state index is 17.4. The van der Waals surface area contributed by atoms with Crippen LogP contribution in [0.25, 0.3) is 0 Å². The van der Waals surface area contributed by atoms with E-state index in [1.165, 1.54) is 135 Å². The second kappa shape index (κ2) is 9.23. The van der Waals surface area contributed by atoms with Gasteiger partial charge in [0.25, 0.3) is 0 Å². The van der Waals surface area contributed by atoms with Gasteiger partial charge in [-0.3, -0.25) is 0 Å². The predicted molar refractivity (Wildman–Crippen MR) is 155 cm³/mol. The van der Waals surface area contributed by atoms with Crippen LogP contribution >= 0.6 is 0 Å². The Balaban J connectivity index is 1.43. The Morgan fingerprint density at radius 2 is 0.865 bits per heavy atom. The first-order valence-electron chi connectivity index (χ1n) is 17.3. The van der Waals surface area contributed by atoms with Gasteiger partial charge in [0, 0.05) is 0 Å². The third-order valence-corrected chi connectivity index (χ3v) is 13.9. The molecule has 4 atom stereocenters. The van der Waals surface area contributed by atoms with Crippen molar-refractivity contribution in [3.05, 3.63) is 0 Å². The molecule has 0 N–H and O–H groups in total. The molecule has 0 aromatic rings. The summed E-state index contributed by atoms with van der Waals surface area (Å²) in [6.45, 7) is 9.54. The second-order valence-corrected chi connectivity index (χ2v) is 17.2. The van der Waals surface area contributed by atoms with Crippen molar-refractivity contribution in [2.45, 2.75) is 187 Å². The third-order valence-electron chi connectivity index (χ3n) is 13.9. The Morgan fingerprint density at radius 1 is 0.459 bits per heavy atom. The Labute approximate surface area is 230 Å². The number of hydrogen-bond acceptors (Lipinski definition) is 0. The highest BCUT2D eigenvalue weighted by molar-refractivity contribution is 5.26. The zero-order chi connectivity index (χ0) is 26.0. The van der Waals surface area contributed by atoms with Crippen molar-refractivity contribution in [3.8, 4) is 0 Å². The van der Waals surface area contributed by atoms with E-state index in [4.69, 9.17) is 0 Å². The van der Waals surface area contributed by atoms with Gasteiger partial charge in [-0.15, -0.1) is 0 Å². The lowest BCUT2D eigenvalue weighted by Gasteiger charge is -2.78. The van der Waals surface area contributed by atoms with Crippen molar-refractivity contribution in [2.24, 2.45) is 38.4 Å². The molecule has 8 saturated carbocycles. The summed E-state index contributed by atoms with van der Waals surface area (Å²) >= 11 is 0. The Kier molecular flexibility index (Phi) is 6.76. The van der Waals surface area contributed by atoms with Crippen LogP contribution in [0.4, 0.5) is 4.39 Å². The standard InChI is InChI=1S/C36H61F/c1-5-9-13-30-17-29-18-31(20-30,14-10-6-2)23-34(19-29,22-30)35-24-32(15-11-7-3)21-33(25-35,16-12-8-4)27-36(37,26-32)28-35/h29H,5-28H2,1-4H3. The van der Waals surface area contributed by atoms with Crippen LogP contribution in [0.2, 0.25) is 0 Å². The van der Waals surface area contributed by atoms with Crippen LogP contribution in [0.5, 0.6) is 0 Å². The molecular formula is C36H61F. The Morgan fingerprint density at radius 3 is 1.32 bits per heavy atom. The first-order chi connectivity index (χ1) is 17.6. The van der Waals surface area contributed by atoms with Gasteiger partial charge >= 0.3 is 0 Å². The highest BCUT2D eigenvalue weighted by Crippen LogP contribution is 2.84. The smallest absolute Gasteiger partial charge is 0.112 e. The zero-order valence-corrected chi connectivity index (χ0v) is 25.4. The minimum absolute atomic E-state index is 0.312. The van der Waals surface area contributed by atoms with Crippen molar-refractivity contribution in [1.82, 2.24) is 0 Å². The largest absolute Gasteiger partial charge is 0.244 e. The number of hydrogen-bond donors (Lipinski definition) is 0. The highest BCUT2D eigenvalue weighted by Gasteiger charge is 2.76. The van der Waals surface area contributed by atoms with Crippen LogP contribution < -0.4 is 0 Å². The molecule has 8 aliphatic rings. The van der Waals surface area contributed by atoms with Gasteiger partial charge in [0.05, 0.1) is 0 Å². The summed E-state index contributed by atoms with van der Waals surface area (Å²) < 4.78 is 17.4. The molecule has 0 aromatic heterocycles. The van der Waals surface area contributed by atoms with Crippen molar-refractivity contribution >= 4 is 0 Å². The highest BCUT2D eigenvalue weighted by atomic mass is 19.1. The summed E-state index contributed by atoms with van der Waals surface area (Å²) in [5.74, 6) is 0.951. The molecule has 8 rings (SSSR count). The molecule has 0 aromatic carbocycles. The summed E-state index contributed by atoms with van der Waals surface area (Å²) in [5, 5.41) is 0. The molecule has 37 heavy (non-hydrogen) atoms. The third kappa shape index (κ3) is 4.31. The quantitative estimate of drug-likeness (QED) is 0.230. The van der Waals surface area contributed by atoms with Gasteiger partial charge in [-0.25, -0.2) is 4.39 Å². The minimum atomic E-state index is -0.854. The van der Waals surface area contributed by atoms with E-state index in [2.05, 4.69) is 27.7 Å². The van der Waals surface area contributed by atoms with Crippen LogP contribution in [-0.4, -0.2) is 5.67 Å². The molecule has 0 heterocycles. The average molecular weight is 513 g/mol. The molecule has 8 bridgehead atoms. The zero-order valence-electron chi connectivity index (χ0n) is 25.4. The summed E-state index contributed by atoms with van der Waals surface area (Å²) in [5.41, 5.74) is 1.76. The maximum absolute atomic E-state index is 17.4. The van der Waals surface area contributed by atoms with E-state index in [9.17, 15) is 0 Å². The van der Waals surface area contributed by atoms with E-state index in [1.54, 1.807) is 0 Å². The van der Waals surface area contributed by atoms with Gasteiger partial charge in [0.15, 0.2) is 0 Å². The van der Waals surface area contributed by atoms with Gasteiger partial charge in [-0.1, -0.05) is 79.1 Å². The predicted octanol–water partition coefficient (Wildman–Crippen LogP) is 11.8. The molecule has 8 fully saturated rings. The first-order valence-corrected chi connectivity index (χ1v) is 17.3. The lowest BCUT2D eigenvalue weighted by molar-refractivity contribution is -0.296. The summed E-state index contributed by atoms with van der Waals surface area (Å²) in [7, 11) is 0. The van der Waals surface area contributed by atoms with Gasteiger partial charge in [0.1, 0.15) is 5.67 Å². The van der Waals surface area contributed by atoms with Crippen molar-refractivity contribution in [2.75, 3.05) is 0 Å².